The molecule has 0 saturated heterocycles. The molecule has 19 heavy (non-hydrogen) atoms. The summed E-state index contributed by atoms with van der Waals surface area (Å²) in [5.74, 6) is 1.25. The number of rotatable bonds is 7. The van der Waals surface area contributed by atoms with Crippen molar-refractivity contribution in [3.63, 3.8) is 0 Å². The Morgan fingerprint density at radius 1 is 1.26 bits per heavy atom. The molecule has 0 aliphatic carbocycles. The Balaban J connectivity index is 2.73. The molecule has 0 aliphatic heterocycles. The van der Waals surface area contributed by atoms with Gasteiger partial charge in [0.25, 0.3) is 0 Å². The maximum absolute atomic E-state index is 11.0. The number of benzene rings is 1. The lowest BCUT2D eigenvalue weighted by molar-refractivity contribution is 0.162. The molecule has 1 atom stereocenters. The minimum Gasteiger partial charge on any atom is -0.497 e. The van der Waals surface area contributed by atoms with Gasteiger partial charge in [0.05, 0.1) is 20.3 Å². The number of aliphatic hydroxyl groups is 1. The monoisotopic (exact) mass is 288 g/mol. The molecule has 0 amide bonds. The van der Waals surface area contributed by atoms with Crippen molar-refractivity contribution < 1.29 is 23.0 Å². The molecule has 1 N–H and O–H groups in total. The lowest BCUT2D eigenvalue weighted by atomic mass is 10.0. The molecular formula is C13H20O5S. The van der Waals surface area contributed by atoms with E-state index in [0.29, 0.717) is 29.9 Å². The number of aliphatic hydroxyl groups excluding tert-OH is 1. The van der Waals surface area contributed by atoms with Crippen LogP contribution in [-0.2, 0) is 9.84 Å². The normalized spacial score (nSPS) is 13.1. The molecule has 0 heterocycles. The maximum Gasteiger partial charge on any atom is 0.147 e. The summed E-state index contributed by atoms with van der Waals surface area (Å²) in [6, 6.07) is 5.15. The van der Waals surface area contributed by atoms with Gasteiger partial charge in [0.2, 0.25) is 0 Å². The van der Waals surface area contributed by atoms with Gasteiger partial charge < -0.3 is 14.6 Å². The largest absolute Gasteiger partial charge is 0.497 e. The van der Waals surface area contributed by atoms with Crippen LogP contribution in [0.2, 0.25) is 0 Å². The standard InChI is InChI=1S/C13H20O5S/c1-17-10-6-7-11(13(9-10)18-2)12(14)5-4-8-19(3,15)16/h6-7,9,12,14H,4-5,8H2,1-3H3. The molecular weight excluding hydrogens is 268 g/mol. The summed E-state index contributed by atoms with van der Waals surface area (Å²) in [4.78, 5) is 0. The minimum absolute atomic E-state index is 0.0720. The average Bonchev–Trinajstić information content (AvgIpc) is 2.36. The van der Waals surface area contributed by atoms with Crippen LogP contribution in [0.4, 0.5) is 0 Å². The molecule has 0 radical (unpaired) electrons. The molecule has 1 unspecified atom stereocenters. The fraction of sp³-hybridized carbons (Fsp3) is 0.538. The molecule has 0 bridgehead atoms. The summed E-state index contributed by atoms with van der Waals surface area (Å²) in [5.41, 5.74) is 0.636. The number of sulfone groups is 1. The number of hydrogen-bond donors (Lipinski definition) is 1. The van der Waals surface area contributed by atoms with Gasteiger partial charge in [-0.25, -0.2) is 8.42 Å². The van der Waals surface area contributed by atoms with Crippen LogP contribution >= 0.6 is 0 Å². The van der Waals surface area contributed by atoms with Crippen LogP contribution in [0.15, 0.2) is 18.2 Å². The van der Waals surface area contributed by atoms with Gasteiger partial charge in [0.15, 0.2) is 0 Å². The number of methoxy groups -OCH3 is 2. The van der Waals surface area contributed by atoms with Crippen LogP contribution in [0.3, 0.4) is 0 Å². The van der Waals surface area contributed by atoms with E-state index in [2.05, 4.69) is 0 Å². The van der Waals surface area contributed by atoms with E-state index < -0.39 is 15.9 Å². The second-order valence-electron chi connectivity index (χ2n) is 4.40. The van der Waals surface area contributed by atoms with E-state index in [1.54, 1.807) is 25.3 Å². The summed E-state index contributed by atoms with van der Waals surface area (Å²) in [6.07, 6.45) is 1.22. The van der Waals surface area contributed by atoms with Crippen molar-refractivity contribution in [3.8, 4) is 11.5 Å². The topological polar surface area (TPSA) is 72.8 Å². The van der Waals surface area contributed by atoms with Gasteiger partial charge >= 0.3 is 0 Å². The predicted molar refractivity (Wildman–Crippen MR) is 73.5 cm³/mol. The highest BCUT2D eigenvalue weighted by molar-refractivity contribution is 7.90. The molecule has 0 fully saturated rings. The Hall–Kier alpha value is -1.27. The third-order valence-electron chi connectivity index (χ3n) is 2.79. The third-order valence-corrected chi connectivity index (χ3v) is 3.82. The van der Waals surface area contributed by atoms with Gasteiger partial charge in [0.1, 0.15) is 21.3 Å². The first-order valence-electron chi connectivity index (χ1n) is 5.95. The van der Waals surface area contributed by atoms with E-state index in [1.807, 2.05) is 0 Å². The minimum atomic E-state index is -2.99. The Morgan fingerprint density at radius 2 is 1.95 bits per heavy atom. The first-order valence-corrected chi connectivity index (χ1v) is 8.01. The van der Waals surface area contributed by atoms with E-state index >= 15 is 0 Å². The molecule has 0 aliphatic rings. The smallest absolute Gasteiger partial charge is 0.147 e. The van der Waals surface area contributed by atoms with E-state index in [4.69, 9.17) is 9.47 Å². The Bertz CT molecular complexity index is 510. The molecule has 1 rings (SSSR count). The average molecular weight is 288 g/mol. The number of hydrogen-bond acceptors (Lipinski definition) is 5. The van der Waals surface area contributed by atoms with Gasteiger partial charge in [-0.05, 0) is 25.0 Å². The third kappa shape index (κ3) is 5.08. The van der Waals surface area contributed by atoms with Crippen molar-refractivity contribution in [2.75, 3.05) is 26.2 Å². The number of ether oxygens (including phenoxy) is 2. The molecule has 1 aromatic rings. The van der Waals surface area contributed by atoms with Crippen LogP contribution in [0.5, 0.6) is 11.5 Å². The lowest BCUT2D eigenvalue weighted by Gasteiger charge is -2.15. The lowest BCUT2D eigenvalue weighted by Crippen LogP contribution is -2.06. The fourth-order valence-electron chi connectivity index (χ4n) is 1.79. The summed E-state index contributed by atoms with van der Waals surface area (Å²) in [6.45, 7) is 0. The van der Waals surface area contributed by atoms with Crippen molar-refractivity contribution in [3.05, 3.63) is 23.8 Å². The molecule has 108 valence electrons. The van der Waals surface area contributed by atoms with Crippen LogP contribution in [0, 0.1) is 0 Å². The molecule has 0 spiro atoms. The van der Waals surface area contributed by atoms with Crippen molar-refractivity contribution in [1.29, 1.82) is 0 Å². The van der Waals surface area contributed by atoms with E-state index in [-0.39, 0.29) is 5.75 Å². The Morgan fingerprint density at radius 3 is 2.47 bits per heavy atom. The second kappa shape index (κ2) is 6.77. The van der Waals surface area contributed by atoms with E-state index in [9.17, 15) is 13.5 Å². The van der Waals surface area contributed by atoms with Crippen molar-refractivity contribution >= 4 is 9.84 Å². The van der Waals surface area contributed by atoms with Gasteiger partial charge in [0, 0.05) is 23.6 Å². The highest BCUT2D eigenvalue weighted by atomic mass is 32.2. The highest BCUT2D eigenvalue weighted by Gasteiger charge is 2.15. The molecule has 0 aromatic heterocycles. The second-order valence-corrected chi connectivity index (χ2v) is 6.66. The van der Waals surface area contributed by atoms with Gasteiger partial charge in [-0.3, -0.25) is 0 Å². The van der Waals surface area contributed by atoms with Crippen LogP contribution in [0.1, 0.15) is 24.5 Å². The van der Waals surface area contributed by atoms with Gasteiger partial charge in [-0.1, -0.05) is 0 Å². The molecule has 6 heteroatoms. The Kier molecular flexibility index (Phi) is 5.62. The van der Waals surface area contributed by atoms with Crippen LogP contribution < -0.4 is 9.47 Å². The summed E-state index contributed by atoms with van der Waals surface area (Å²) in [5, 5.41) is 10.1. The first-order chi connectivity index (χ1) is 8.87. The highest BCUT2D eigenvalue weighted by Crippen LogP contribution is 2.31. The molecule has 0 saturated carbocycles. The van der Waals surface area contributed by atoms with Gasteiger partial charge in [-0.15, -0.1) is 0 Å². The first kappa shape index (κ1) is 15.8. The molecule has 5 nitrogen and oxygen atoms in total. The zero-order valence-electron chi connectivity index (χ0n) is 11.4. The predicted octanol–water partition coefficient (Wildman–Crippen LogP) is 1.56. The summed E-state index contributed by atoms with van der Waals surface area (Å²) < 4.78 is 32.3. The maximum atomic E-state index is 11.0. The quantitative estimate of drug-likeness (QED) is 0.824. The van der Waals surface area contributed by atoms with Crippen molar-refractivity contribution in [2.24, 2.45) is 0 Å². The van der Waals surface area contributed by atoms with Gasteiger partial charge in [-0.2, -0.15) is 0 Å². The van der Waals surface area contributed by atoms with Crippen molar-refractivity contribution in [2.45, 2.75) is 18.9 Å². The zero-order chi connectivity index (χ0) is 14.5. The van der Waals surface area contributed by atoms with E-state index in [0.717, 1.165) is 0 Å². The Labute approximate surface area is 114 Å². The summed E-state index contributed by atoms with van der Waals surface area (Å²) >= 11 is 0. The fourth-order valence-corrected chi connectivity index (χ4v) is 2.48. The van der Waals surface area contributed by atoms with Crippen LogP contribution in [-0.4, -0.2) is 39.8 Å². The molecule has 1 aromatic carbocycles. The summed E-state index contributed by atoms with van der Waals surface area (Å²) in [7, 11) is 0.0772. The zero-order valence-corrected chi connectivity index (χ0v) is 12.2. The van der Waals surface area contributed by atoms with Crippen LogP contribution in [0.25, 0.3) is 0 Å². The van der Waals surface area contributed by atoms with E-state index in [1.165, 1.54) is 13.4 Å². The SMILES string of the molecule is COc1ccc(C(O)CCCS(C)(=O)=O)c(OC)c1. The van der Waals surface area contributed by atoms with Crippen molar-refractivity contribution in [1.82, 2.24) is 0 Å².